The molecular weight excluding hydrogens is 436 g/mol. The van der Waals surface area contributed by atoms with E-state index in [9.17, 15) is 0 Å². The second-order valence-corrected chi connectivity index (χ2v) is 13.5. The fraction of sp³-hybridized carbons (Fsp3) is 0.829. The van der Waals surface area contributed by atoms with Crippen molar-refractivity contribution in [3.05, 3.63) is 35.9 Å². The molecule has 1 heterocycles. The molecule has 1 aliphatic heterocycles. The van der Waals surface area contributed by atoms with Crippen LogP contribution >= 0.6 is 0 Å². The molecule has 1 aromatic rings. The summed E-state index contributed by atoms with van der Waals surface area (Å²) in [6, 6.07) is 10.5. The van der Waals surface area contributed by atoms with Crippen LogP contribution in [0, 0.1) is 16.7 Å². The molecule has 0 aromatic heterocycles. The fourth-order valence-corrected chi connectivity index (χ4v) is 2.76. The van der Waals surface area contributed by atoms with Crippen LogP contribution in [0.5, 0.6) is 0 Å². The third kappa shape index (κ3) is 50.1. The molecule has 4 rings (SSSR count). The lowest BCUT2D eigenvalue weighted by molar-refractivity contribution is 0.198. The fourth-order valence-electron chi connectivity index (χ4n) is 2.76. The Bertz CT molecular complexity index is 457. The van der Waals surface area contributed by atoms with Crippen molar-refractivity contribution in [3.63, 3.8) is 0 Å². The molecule has 1 nitrogen and oxygen atoms in total. The first-order valence-electron chi connectivity index (χ1n) is 15.4. The Morgan fingerprint density at radius 3 is 1.14 bits per heavy atom. The molecule has 36 heavy (non-hydrogen) atoms. The van der Waals surface area contributed by atoms with Crippen molar-refractivity contribution in [2.24, 2.45) is 16.7 Å². The SMILES string of the molecule is C1CCCC1.C1CCOC1.CC.CC(C)(C)C.CC(C)(C)C.CC(C)c1ccccc1.CCC1CC1. The summed E-state index contributed by atoms with van der Waals surface area (Å²) >= 11 is 0. The number of hydrogen-bond acceptors (Lipinski definition) is 1. The van der Waals surface area contributed by atoms with Gasteiger partial charge in [-0.15, -0.1) is 0 Å². The minimum atomic E-state index is 0.500. The van der Waals surface area contributed by atoms with Crippen LogP contribution in [0.4, 0.5) is 0 Å². The van der Waals surface area contributed by atoms with Gasteiger partial charge in [-0.05, 0) is 41.1 Å². The largest absolute Gasteiger partial charge is 0.381 e. The van der Waals surface area contributed by atoms with Crippen LogP contribution in [-0.4, -0.2) is 13.2 Å². The quantitative estimate of drug-likeness (QED) is 0.387. The van der Waals surface area contributed by atoms with E-state index in [1.807, 2.05) is 19.9 Å². The molecule has 0 spiro atoms. The average molecular weight is 507 g/mol. The molecule has 3 fully saturated rings. The Kier molecular flexibility index (Phi) is 28.5. The van der Waals surface area contributed by atoms with E-state index < -0.39 is 0 Å². The van der Waals surface area contributed by atoms with Gasteiger partial charge in [0, 0.05) is 13.2 Å². The number of ether oxygens (including phenoxy) is 1. The highest BCUT2D eigenvalue weighted by molar-refractivity contribution is 5.17. The van der Waals surface area contributed by atoms with Gasteiger partial charge < -0.3 is 4.74 Å². The van der Waals surface area contributed by atoms with Gasteiger partial charge in [0.2, 0.25) is 0 Å². The summed E-state index contributed by atoms with van der Waals surface area (Å²) < 4.78 is 4.94. The van der Waals surface area contributed by atoms with E-state index in [0.717, 1.165) is 19.1 Å². The lowest BCUT2D eigenvalue weighted by Crippen LogP contribution is -1.93. The summed E-state index contributed by atoms with van der Waals surface area (Å²) in [4.78, 5) is 0. The number of benzene rings is 1. The molecule has 2 aliphatic carbocycles. The molecule has 216 valence electrons. The zero-order valence-corrected chi connectivity index (χ0v) is 27.4. The maximum absolute atomic E-state index is 4.94. The van der Waals surface area contributed by atoms with Gasteiger partial charge in [0.15, 0.2) is 0 Å². The van der Waals surface area contributed by atoms with Gasteiger partial charge in [0.1, 0.15) is 0 Å². The summed E-state index contributed by atoms with van der Waals surface area (Å²) in [6.45, 7) is 30.2. The van der Waals surface area contributed by atoms with Gasteiger partial charge in [0.25, 0.3) is 0 Å². The topological polar surface area (TPSA) is 9.23 Å². The second-order valence-electron chi connectivity index (χ2n) is 13.5. The minimum absolute atomic E-state index is 0.500. The molecule has 1 heteroatoms. The molecule has 3 aliphatic rings. The predicted octanol–water partition coefficient (Wildman–Crippen LogP) is 12.5. The van der Waals surface area contributed by atoms with E-state index >= 15 is 0 Å². The molecular formula is C35H70O. The summed E-state index contributed by atoms with van der Waals surface area (Å²) in [6.07, 6.45) is 14.5. The third-order valence-corrected chi connectivity index (χ3v) is 4.82. The molecule has 1 saturated heterocycles. The van der Waals surface area contributed by atoms with E-state index in [-0.39, 0.29) is 0 Å². The van der Waals surface area contributed by atoms with E-state index in [0.29, 0.717) is 16.7 Å². The molecule has 0 radical (unpaired) electrons. The highest BCUT2D eigenvalue weighted by Crippen LogP contribution is 2.31. The summed E-state index contributed by atoms with van der Waals surface area (Å²) in [5, 5.41) is 0. The van der Waals surface area contributed by atoms with Crippen LogP contribution in [0.3, 0.4) is 0 Å². The zero-order valence-electron chi connectivity index (χ0n) is 27.4. The van der Waals surface area contributed by atoms with Crippen molar-refractivity contribution < 1.29 is 4.74 Å². The Balaban J connectivity index is -0.000000365. The van der Waals surface area contributed by atoms with Crippen LogP contribution in [0.1, 0.15) is 166 Å². The lowest BCUT2D eigenvalue weighted by atomic mass is 10.0. The minimum Gasteiger partial charge on any atom is -0.381 e. The average Bonchev–Trinajstić information content (AvgIpc) is 3.22. The van der Waals surface area contributed by atoms with Crippen molar-refractivity contribution in [1.29, 1.82) is 0 Å². The monoisotopic (exact) mass is 507 g/mol. The molecule has 1 aromatic carbocycles. The zero-order chi connectivity index (χ0) is 28.5. The number of rotatable bonds is 2. The first kappa shape index (κ1) is 39.7. The molecule has 0 atom stereocenters. The maximum Gasteiger partial charge on any atom is 0.0466 e. The van der Waals surface area contributed by atoms with E-state index in [1.54, 1.807) is 0 Å². The van der Waals surface area contributed by atoms with Crippen LogP contribution in [0.2, 0.25) is 0 Å². The molecule has 0 N–H and O–H groups in total. The predicted molar refractivity (Wildman–Crippen MR) is 168 cm³/mol. The van der Waals surface area contributed by atoms with Gasteiger partial charge in [-0.1, -0.05) is 172 Å². The van der Waals surface area contributed by atoms with E-state index in [2.05, 4.69) is 100 Å². The van der Waals surface area contributed by atoms with Gasteiger partial charge in [0.05, 0.1) is 0 Å². The second kappa shape index (κ2) is 25.8. The summed E-state index contributed by atoms with van der Waals surface area (Å²) in [5.74, 6) is 1.79. The van der Waals surface area contributed by atoms with Crippen molar-refractivity contribution in [1.82, 2.24) is 0 Å². The molecule has 0 amide bonds. The van der Waals surface area contributed by atoms with Gasteiger partial charge in [-0.25, -0.2) is 0 Å². The summed E-state index contributed by atoms with van der Waals surface area (Å²) in [7, 11) is 0. The Labute approximate surface area is 230 Å². The van der Waals surface area contributed by atoms with Crippen LogP contribution in [0.25, 0.3) is 0 Å². The Hall–Kier alpha value is -0.820. The smallest absolute Gasteiger partial charge is 0.0466 e. The molecule has 0 bridgehead atoms. The van der Waals surface area contributed by atoms with Gasteiger partial charge in [-0.3, -0.25) is 0 Å². The highest BCUT2D eigenvalue weighted by Gasteiger charge is 2.17. The molecule has 0 unspecified atom stereocenters. The molecule has 2 saturated carbocycles. The summed E-state index contributed by atoms with van der Waals surface area (Å²) in [5.41, 5.74) is 2.41. The third-order valence-electron chi connectivity index (χ3n) is 4.82. The van der Waals surface area contributed by atoms with Crippen LogP contribution in [0.15, 0.2) is 30.3 Å². The number of hydrogen-bond donors (Lipinski definition) is 0. The van der Waals surface area contributed by atoms with Crippen molar-refractivity contribution in [2.75, 3.05) is 13.2 Å². The van der Waals surface area contributed by atoms with Crippen molar-refractivity contribution in [3.8, 4) is 0 Å². The van der Waals surface area contributed by atoms with Gasteiger partial charge in [-0.2, -0.15) is 0 Å². The van der Waals surface area contributed by atoms with Crippen LogP contribution < -0.4 is 0 Å². The van der Waals surface area contributed by atoms with Gasteiger partial charge >= 0.3 is 0 Å². The Morgan fingerprint density at radius 2 is 1.00 bits per heavy atom. The first-order chi connectivity index (χ1) is 16.7. The normalized spacial score (nSPS) is 15.9. The van der Waals surface area contributed by atoms with E-state index in [4.69, 9.17) is 4.74 Å². The van der Waals surface area contributed by atoms with Crippen LogP contribution in [-0.2, 0) is 4.74 Å². The highest BCUT2D eigenvalue weighted by atomic mass is 16.5. The van der Waals surface area contributed by atoms with Crippen molar-refractivity contribution >= 4 is 0 Å². The van der Waals surface area contributed by atoms with Crippen molar-refractivity contribution in [2.45, 2.75) is 160 Å². The van der Waals surface area contributed by atoms with E-state index in [1.165, 1.54) is 69.8 Å². The first-order valence-corrected chi connectivity index (χ1v) is 15.4. The Morgan fingerprint density at radius 1 is 0.667 bits per heavy atom. The standard InChI is InChI=1S/C9H12.2C5H10.2C5H12.C4H8O.C2H6/c1-8(2)9-6-4-3-5-7-9;1-2-5-3-4-5;1-2-4-5-3-1;2*1-5(2,3)4;1-2-4-5-3-1;1-2/h3-8H,1-2H3;5H,2-4H2,1H3;1-5H2;2*1-4H3;1-4H2;1-2H3. The lowest BCUT2D eigenvalue weighted by Gasteiger charge is -2.05. The maximum atomic E-state index is 4.94.